The van der Waals surface area contributed by atoms with Gasteiger partial charge in [-0.15, -0.1) is 0 Å². The molecule has 0 radical (unpaired) electrons. The molecule has 0 aliphatic carbocycles. The van der Waals surface area contributed by atoms with Crippen molar-refractivity contribution >= 4 is 23.3 Å². The van der Waals surface area contributed by atoms with Crippen LogP contribution in [0.1, 0.15) is 11.1 Å². The molecule has 0 unspecified atom stereocenters. The van der Waals surface area contributed by atoms with E-state index in [4.69, 9.17) is 17.3 Å². The molecule has 0 spiro atoms. The van der Waals surface area contributed by atoms with E-state index < -0.39 is 6.03 Å². The third kappa shape index (κ3) is 2.36. The van der Waals surface area contributed by atoms with Crippen LogP contribution in [-0.4, -0.2) is 6.03 Å². The monoisotopic (exact) mass is 198 g/mol. The first-order valence-corrected chi connectivity index (χ1v) is 4.21. The molecular weight excluding hydrogens is 188 g/mol. The number of carbonyl (C=O) groups excluding carboxylic acids is 1. The van der Waals surface area contributed by atoms with Gasteiger partial charge in [0.15, 0.2) is 0 Å². The predicted octanol–water partition coefficient (Wildman–Crippen LogP) is 2.45. The quantitative estimate of drug-likeness (QED) is 0.716. The number of benzene rings is 1. The van der Waals surface area contributed by atoms with Crippen LogP contribution in [0.25, 0.3) is 0 Å². The van der Waals surface area contributed by atoms with Crippen LogP contribution < -0.4 is 11.1 Å². The lowest BCUT2D eigenvalue weighted by atomic mass is 10.1. The molecule has 4 heteroatoms. The topological polar surface area (TPSA) is 55.1 Å². The molecule has 0 atom stereocenters. The summed E-state index contributed by atoms with van der Waals surface area (Å²) in [4.78, 5) is 10.6. The number of anilines is 1. The second-order valence-electron chi connectivity index (χ2n) is 2.91. The molecule has 1 rings (SSSR count). The first-order valence-electron chi connectivity index (χ1n) is 3.84. The van der Waals surface area contributed by atoms with E-state index in [1.807, 2.05) is 13.8 Å². The minimum absolute atomic E-state index is 0.565. The Morgan fingerprint density at radius 3 is 2.54 bits per heavy atom. The van der Waals surface area contributed by atoms with Crippen LogP contribution in [0.2, 0.25) is 5.02 Å². The fourth-order valence-corrected chi connectivity index (χ4v) is 1.27. The van der Waals surface area contributed by atoms with Gasteiger partial charge in [-0.1, -0.05) is 11.6 Å². The van der Waals surface area contributed by atoms with Crippen molar-refractivity contribution in [2.45, 2.75) is 13.8 Å². The van der Waals surface area contributed by atoms with Gasteiger partial charge in [-0.05, 0) is 37.1 Å². The Hall–Kier alpha value is -1.22. The maximum absolute atomic E-state index is 10.6. The summed E-state index contributed by atoms with van der Waals surface area (Å²) in [7, 11) is 0. The highest BCUT2D eigenvalue weighted by molar-refractivity contribution is 6.31. The Bertz CT molecular complexity index is 350. The number of hydrogen-bond donors (Lipinski definition) is 2. The molecule has 0 fully saturated rings. The first kappa shape index (κ1) is 9.86. The maximum Gasteiger partial charge on any atom is 0.316 e. The molecule has 0 bridgehead atoms. The van der Waals surface area contributed by atoms with E-state index in [1.165, 1.54) is 0 Å². The van der Waals surface area contributed by atoms with Gasteiger partial charge in [0.25, 0.3) is 0 Å². The molecular formula is C9H11ClN2O. The van der Waals surface area contributed by atoms with E-state index >= 15 is 0 Å². The molecule has 3 N–H and O–H groups in total. The maximum atomic E-state index is 10.6. The first-order chi connectivity index (χ1) is 6.00. The van der Waals surface area contributed by atoms with Crippen LogP contribution in [0.15, 0.2) is 12.1 Å². The van der Waals surface area contributed by atoms with E-state index in [0.717, 1.165) is 11.1 Å². The molecule has 13 heavy (non-hydrogen) atoms. The van der Waals surface area contributed by atoms with Crippen LogP contribution in [-0.2, 0) is 0 Å². The summed E-state index contributed by atoms with van der Waals surface area (Å²) >= 11 is 5.88. The minimum Gasteiger partial charge on any atom is -0.351 e. The van der Waals surface area contributed by atoms with Crippen molar-refractivity contribution in [1.29, 1.82) is 0 Å². The lowest BCUT2D eigenvalue weighted by Gasteiger charge is -2.08. The van der Waals surface area contributed by atoms with Crippen LogP contribution in [0.5, 0.6) is 0 Å². The van der Waals surface area contributed by atoms with Crippen LogP contribution in [0.3, 0.4) is 0 Å². The zero-order chi connectivity index (χ0) is 10.0. The molecule has 0 aromatic heterocycles. The van der Waals surface area contributed by atoms with E-state index in [2.05, 4.69) is 5.32 Å². The average molecular weight is 199 g/mol. The van der Waals surface area contributed by atoms with Crippen molar-refractivity contribution in [3.63, 3.8) is 0 Å². The zero-order valence-electron chi connectivity index (χ0n) is 7.52. The molecule has 0 heterocycles. The largest absolute Gasteiger partial charge is 0.351 e. The fraction of sp³-hybridized carbons (Fsp3) is 0.222. The summed E-state index contributed by atoms with van der Waals surface area (Å²) < 4.78 is 0. The van der Waals surface area contributed by atoms with Crippen molar-refractivity contribution in [3.05, 3.63) is 28.3 Å². The van der Waals surface area contributed by atoms with Gasteiger partial charge in [0.05, 0.1) is 0 Å². The standard InChI is InChI=1S/C9H11ClN2O/c1-5-4-8(12-9(11)13)6(2)3-7(5)10/h3-4H,1-2H3,(H3,11,12,13). The van der Waals surface area contributed by atoms with Crippen LogP contribution in [0, 0.1) is 13.8 Å². The number of hydrogen-bond acceptors (Lipinski definition) is 1. The van der Waals surface area contributed by atoms with E-state index in [1.54, 1.807) is 12.1 Å². The van der Waals surface area contributed by atoms with Crippen LogP contribution >= 0.6 is 11.6 Å². The number of halogens is 1. The van der Waals surface area contributed by atoms with Crippen molar-refractivity contribution < 1.29 is 4.79 Å². The minimum atomic E-state index is -0.565. The number of primary amides is 1. The van der Waals surface area contributed by atoms with E-state index in [0.29, 0.717) is 10.7 Å². The highest BCUT2D eigenvalue weighted by Crippen LogP contribution is 2.23. The number of nitrogens with one attached hydrogen (secondary N) is 1. The summed E-state index contributed by atoms with van der Waals surface area (Å²) in [6.45, 7) is 3.73. The van der Waals surface area contributed by atoms with Crippen molar-refractivity contribution in [1.82, 2.24) is 0 Å². The van der Waals surface area contributed by atoms with Crippen molar-refractivity contribution in [2.24, 2.45) is 5.73 Å². The van der Waals surface area contributed by atoms with Gasteiger partial charge in [0, 0.05) is 10.7 Å². The molecule has 3 nitrogen and oxygen atoms in total. The molecule has 0 saturated heterocycles. The molecule has 70 valence electrons. The summed E-state index contributed by atoms with van der Waals surface area (Å²) in [6.07, 6.45) is 0. The molecule has 0 saturated carbocycles. The van der Waals surface area contributed by atoms with E-state index in [-0.39, 0.29) is 0 Å². The fourth-order valence-electron chi connectivity index (χ4n) is 1.05. The number of amides is 2. The highest BCUT2D eigenvalue weighted by atomic mass is 35.5. The van der Waals surface area contributed by atoms with Gasteiger partial charge in [0.1, 0.15) is 0 Å². The molecule has 1 aromatic carbocycles. The van der Waals surface area contributed by atoms with E-state index in [9.17, 15) is 4.79 Å². The lowest BCUT2D eigenvalue weighted by Crippen LogP contribution is -2.19. The van der Waals surface area contributed by atoms with Crippen molar-refractivity contribution in [2.75, 3.05) is 5.32 Å². The van der Waals surface area contributed by atoms with Gasteiger partial charge in [-0.25, -0.2) is 4.79 Å². The average Bonchev–Trinajstić information content (AvgIpc) is 1.99. The Morgan fingerprint density at radius 1 is 1.38 bits per heavy atom. The Labute approximate surface area is 81.9 Å². The summed E-state index contributed by atoms with van der Waals surface area (Å²) in [5, 5.41) is 3.21. The van der Waals surface area contributed by atoms with Gasteiger partial charge in [-0.2, -0.15) is 0 Å². The van der Waals surface area contributed by atoms with Gasteiger partial charge < -0.3 is 11.1 Å². The Kier molecular flexibility index (Phi) is 2.78. The predicted molar refractivity (Wildman–Crippen MR) is 54.1 cm³/mol. The number of rotatable bonds is 1. The third-order valence-electron chi connectivity index (χ3n) is 1.76. The number of nitrogens with two attached hydrogens (primary N) is 1. The third-order valence-corrected chi connectivity index (χ3v) is 2.17. The summed E-state index contributed by atoms with van der Waals surface area (Å²) in [5.41, 5.74) is 7.51. The number of carbonyl (C=O) groups is 1. The number of urea groups is 1. The summed E-state index contributed by atoms with van der Waals surface area (Å²) in [5.74, 6) is 0. The zero-order valence-corrected chi connectivity index (χ0v) is 8.27. The molecule has 1 aromatic rings. The number of aryl methyl sites for hydroxylation is 2. The Morgan fingerprint density at radius 2 is 2.00 bits per heavy atom. The molecule has 2 amide bonds. The van der Waals surface area contributed by atoms with Crippen molar-refractivity contribution in [3.8, 4) is 0 Å². The van der Waals surface area contributed by atoms with Gasteiger partial charge >= 0.3 is 6.03 Å². The van der Waals surface area contributed by atoms with Gasteiger partial charge in [-0.3, -0.25) is 0 Å². The smallest absolute Gasteiger partial charge is 0.316 e. The molecule has 0 aliphatic heterocycles. The summed E-state index contributed by atoms with van der Waals surface area (Å²) in [6, 6.07) is 3.02. The lowest BCUT2D eigenvalue weighted by molar-refractivity contribution is 0.259. The second-order valence-corrected chi connectivity index (χ2v) is 3.31. The highest BCUT2D eigenvalue weighted by Gasteiger charge is 2.03. The van der Waals surface area contributed by atoms with Gasteiger partial charge in [0.2, 0.25) is 0 Å². The normalized spacial score (nSPS) is 9.77. The second kappa shape index (κ2) is 3.66. The SMILES string of the molecule is Cc1cc(NC(N)=O)c(C)cc1Cl. The Balaban J connectivity index is 3.08. The molecule has 0 aliphatic rings. The van der Waals surface area contributed by atoms with Crippen LogP contribution in [0.4, 0.5) is 10.5 Å².